The lowest BCUT2D eigenvalue weighted by Crippen LogP contribution is -2.46. The summed E-state index contributed by atoms with van der Waals surface area (Å²) in [6, 6.07) is 17.4. The summed E-state index contributed by atoms with van der Waals surface area (Å²) in [5.41, 5.74) is 1.58. The first-order chi connectivity index (χ1) is 14.9. The zero-order valence-corrected chi connectivity index (χ0v) is 17.5. The number of benzene rings is 2. The third-order valence-electron chi connectivity index (χ3n) is 4.90. The summed E-state index contributed by atoms with van der Waals surface area (Å²) in [6.07, 6.45) is 1.71. The van der Waals surface area contributed by atoms with Gasteiger partial charge in [0.25, 0.3) is 5.91 Å². The van der Waals surface area contributed by atoms with Gasteiger partial charge in [-0.15, -0.1) is 5.10 Å². The Morgan fingerprint density at radius 3 is 2.42 bits per heavy atom. The number of nitrogens with zero attached hydrogens (tertiary/aromatic N) is 2. The van der Waals surface area contributed by atoms with Crippen LogP contribution in [0.5, 0.6) is 0 Å². The van der Waals surface area contributed by atoms with Crippen LogP contribution in [0.15, 0.2) is 60.8 Å². The number of hydrogen-bond donors (Lipinski definition) is 3. The van der Waals surface area contributed by atoms with E-state index in [1.54, 1.807) is 6.92 Å². The minimum Gasteiger partial charge on any atom is -0.464 e. The Morgan fingerprint density at radius 2 is 1.81 bits per heavy atom. The van der Waals surface area contributed by atoms with E-state index in [0.717, 1.165) is 16.7 Å². The zero-order valence-electron chi connectivity index (χ0n) is 17.5. The minimum atomic E-state index is -1.75. The van der Waals surface area contributed by atoms with Crippen molar-refractivity contribution >= 4 is 11.9 Å². The number of aromatic amines is 1. The standard InChI is InChI=1S/C23H26N4O4/c1-3-31-22(29)23(2,30)14-19(25-21(28)20-15-24-27-26-20)13-16-9-11-18(12-10-16)17-7-5-4-6-8-17/h4-12,15,19,30H,3,13-14H2,1-2H3,(H,25,28)(H,24,26,27)/t19-,23-/m1/s1. The van der Waals surface area contributed by atoms with Crippen LogP contribution in [0.3, 0.4) is 0 Å². The summed E-state index contributed by atoms with van der Waals surface area (Å²) in [7, 11) is 0. The van der Waals surface area contributed by atoms with Crippen LogP contribution in [0.4, 0.5) is 0 Å². The van der Waals surface area contributed by atoms with Gasteiger partial charge in [0.1, 0.15) is 5.69 Å². The van der Waals surface area contributed by atoms with Gasteiger partial charge in [0.15, 0.2) is 5.60 Å². The first-order valence-corrected chi connectivity index (χ1v) is 10.1. The third-order valence-corrected chi connectivity index (χ3v) is 4.90. The van der Waals surface area contributed by atoms with E-state index in [2.05, 4.69) is 20.7 Å². The van der Waals surface area contributed by atoms with E-state index in [-0.39, 0.29) is 18.7 Å². The molecule has 8 nitrogen and oxygen atoms in total. The number of amides is 1. The summed E-state index contributed by atoms with van der Waals surface area (Å²) >= 11 is 0. The van der Waals surface area contributed by atoms with E-state index in [1.165, 1.54) is 13.1 Å². The molecule has 0 saturated carbocycles. The van der Waals surface area contributed by atoms with Crippen molar-refractivity contribution in [3.05, 3.63) is 72.1 Å². The molecule has 0 saturated heterocycles. The highest BCUT2D eigenvalue weighted by atomic mass is 16.5. The fourth-order valence-corrected chi connectivity index (χ4v) is 3.34. The van der Waals surface area contributed by atoms with Crippen molar-refractivity contribution < 1.29 is 19.4 Å². The van der Waals surface area contributed by atoms with Crippen molar-refractivity contribution in [2.24, 2.45) is 0 Å². The summed E-state index contributed by atoms with van der Waals surface area (Å²) in [4.78, 5) is 24.7. The molecular weight excluding hydrogens is 396 g/mol. The lowest BCUT2D eigenvalue weighted by molar-refractivity contribution is -0.164. The number of rotatable bonds is 9. The highest BCUT2D eigenvalue weighted by molar-refractivity contribution is 5.92. The molecule has 2 aromatic carbocycles. The van der Waals surface area contributed by atoms with Gasteiger partial charge in [-0.3, -0.25) is 9.89 Å². The summed E-state index contributed by atoms with van der Waals surface area (Å²) < 4.78 is 4.97. The van der Waals surface area contributed by atoms with Gasteiger partial charge in [-0.2, -0.15) is 0 Å². The van der Waals surface area contributed by atoms with Crippen LogP contribution in [0, 0.1) is 0 Å². The van der Waals surface area contributed by atoms with Crippen molar-refractivity contribution in [3.63, 3.8) is 0 Å². The fourth-order valence-electron chi connectivity index (χ4n) is 3.34. The zero-order chi connectivity index (χ0) is 22.3. The van der Waals surface area contributed by atoms with Crippen molar-refractivity contribution in [3.8, 4) is 11.1 Å². The van der Waals surface area contributed by atoms with Gasteiger partial charge in [0.05, 0.1) is 12.8 Å². The third kappa shape index (κ3) is 5.99. The molecule has 2 atom stereocenters. The highest BCUT2D eigenvalue weighted by Gasteiger charge is 2.35. The van der Waals surface area contributed by atoms with Crippen molar-refractivity contribution in [1.82, 2.24) is 20.7 Å². The molecule has 0 bridgehead atoms. The molecule has 3 aromatic rings. The normalized spacial score (nSPS) is 13.8. The van der Waals surface area contributed by atoms with Gasteiger partial charge in [-0.05, 0) is 37.0 Å². The Labute approximate surface area is 180 Å². The number of aliphatic hydroxyl groups is 1. The monoisotopic (exact) mass is 422 g/mol. The van der Waals surface area contributed by atoms with Crippen LogP contribution in [-0.4, -0.2) is 50.6 Å². The Kier molecular flexibility index (Phi) is 7.15. The van der Waals surface area contributed by atoms with Crippen LogP contribution in [-0.2, 0) is 16.0 Å². The van der Waals surface area contributed by atoms with Gasteiger partial charge in [0, 0.05) is 12.5 Å². The van der Waals surface area contributed by atoms with E-state index in [1.807, 2.05) is 54.6 Å². The molecule has 0 fully saturated rings. The molecule has 1 amide bonds. The quantitative estimate of drug-likeness (QED) is 0.456. The van der Waals surface area contributed by atoms with Gasteiger partial charge >= 0.3 is 5.97 Å². The maximum atomic E-state index is 12.5. The molecule has 8 heteroatoms. The fraction of sp³-hybridized carbons (Fsp3) is 0.304. The average molecular weight is 422 g/mol. The Hall–Kier alpha value is -3.52. The van der Waals surface area contributed by atoms with Gasteiger partial charge in [-0.1, -0.05) is 59.8 Å². The van der Waals surface area contributed by atoms with Crippen LogP contribution in [0.1, 0.15) is 36.3 Å². The molecule has 3 N–H and O–H groups in total. The first-order valence-electron chi connectivity index (χ1n) is 10.1. The van der Waals surface area contributed by atoms with E-state index >= 15 is 0 Å². The Bertz CT molecular complexity index is 986. The van der Waals surface area contributed by atoms with Gasteiger partial charge < -0.3 is 15.2 Å². The smallest absolute Gasteiger partial charge is 0.337 e. The number of nitrogens with one attached hydrogen (secondary N) is 2. The molecule has 0 spiro atoms. The molecule has 0 aliphatic carbocycles. The average Bonchev–Trinajstić information content (AvgIpc) is 3.30. The van der Waals surface area contributed by atoms with Gasteiger partial charge in [-0.25, -0.2) is 4.79 Å². The molecule has 0 aliphatic heterocycles. The topological polar surface area (TPSA) is 117 Å². The highest BCUT2D eigenvalue weighted by Crippen LogP contribution is 2.22. The number of hydrogen-bond acceptors (Lipinski definition) is 6. The van der Waals surface area contributed by atoms with E-state index in [9.17, 15) is 14.7 Å². The first kappa shape index (κ1) is 22.2. The van der Waals surface area contributed by atoms with E-state index in [0.29, 0.717) is 6.42 Å². The van der Waals surface area contributed by atoms with Crippen molar-refractivity contribution in [1.29, 1.82) is 0 Å². The Balaban J connectivity index is 1.77. The molecule has 3 rings (SSSR count). The molecule has 31 heavy (non-hydrogen) atoms. The SMILES string of the molecule is CCOC(=O)[C@](C)(O)C[C@@H](Cc1ccc(-c2ccccc2)cc1)NC(=O)c1cnn[nH]1. The second-order valence-corrected chi connectivity index (χ2v) is 7.51. The predicted molar refractivity (Wildman–Crippen MR) is 115 cm³/mol. The number of carbonyl (C=O) groups excluding carboxylic acids is 2. The lowest BCUT2D eigenvalue weighted by atomic mass is 9.92. The molecule has 0 unspecified atom stereocenters. The molecular formula is C23H26N4O4. The summed E-state index contributed by atoms with van der Waals surface area (Å²) in [5, 5.41) is 23.2. The second kappa shape index (κ2) is 9.99. The molecule has 1 aromatic heterocycles. The summed E-state index contributed by atoms with van der Waals surface area (Å²) in [5.74, 6) is -1.15. The number of ether oxygens (including phenoxy) is 1. The Morgan fingerprint density at radius 1 is 1.13 bits per heavy atom. The summed E-state index contributed by atoms with van der Waals surface area (Å²) in [6.45, 7) is 3.22. The number of aromatic nitrogens is 3. The minimum absolute atomic E-state index is 0.0143. The maximum absolute atomic E-state index is 12.5. The van der Waals surface area contributed by atoms with Crippen LogP contribution < -0.4 is 5.32 Å². The second-order valence-electron chi connectivity index (χ2n) is 7.51. The lowest BCUT2D eigenvalue weighted by Gasteiger charge is -2.27. The largest absolute Gasteiger partial charge is 0.464 e. The molecule has 162 valence electrons. The maximum Gasteiger partial charge on any atom is 0.337 e. The molecule has 0 radical (unpaired) electrons. The molecule has 0 aliphatic rings. The van der Waals surface area contributed by atoms with Crippen molar-refractivity contribution in [2.45, 2.75) is 38.3 Å². The van der Waals surface area contributed by atoms with Gasteiger partial charge in [0.2, 0.25) is 0 Å². The van der Waals surface area contributed by atoms with Crippen LogP contribution >= 0.6 is 0 Å². The molecule has 1 heterocycles. The van der Waals surface area contributed by atoms with Crippen molar-refractivity contribution in [2.75, 3.05) is 6.61 Å². The predicted octanol–water partition coefficient (Wildman–Crippen LogP) is 2.52. The van der Waals surface area contributed by atoms with E-state index in [4.69, 9.17) is 4.74 Å². The number of carbonyl (C=O) groups is 2. The number of esters is 1. The van der Waals surface area contributed by atoms with Crippen LogP contribution in [0.2, 0.25) is 0 Å². The van der Waals surface area contributed by atoms with E-state index < -0.39 is 23.5 Å². The van der Waals surface area contributed by atoms with Crippen LogP contribution in [0.25, 0.3) is 11.1 Å². The number of H-pyrrole nitrogens is 1.